The Hall–Kier alpha value is -1.31. The predicted octanol–water partition coefficient (Wildman–Crippen LogP) is 2.82. The van der Waals surface area contributed by atoms with Gasteiger partial charge in [0.25, 0.3) is 5.92 Å². The topological polar surface area (TPSA) is 61.8 Å². The third-order valence-corrected chi connectivity index (χ3v) is 2.69. The van der Waals surface area contributed by atoms with Crippen LogP contribution in [0.3, 0.4) is 0 Å². The van der Waals surface area contributed by atoms with Crippen molar-refractivity contribution in [1.82, 2.24) is 0 Å². The summed E-state index contributed by atoms with van der Waals surface area (Å²) in [7, 11) is 0. The smallest absolute Gasteiger partial charge is 0.459 e. The minimum atomic E-state index is -3.70. The van der Waals surface area contributed by atoms with E-state index < -0.39 is 35.9 Å². The van der Waals surface area contributed by atoms with Crippen LogP contribution in [-0.2, 0) is 23.8 Å². The second kappa shape index (κ2) is 7.11. The Morgan fingerprint density at radius 1 is 1.00 bits per heavy atom. The van der Waals surface area contributed by atoms with E-state index in [4.69, 9.17) is 0 Å². The van der Waals surface area contributed by atoms with Gasteiger partial charge in [-0.15, -0.1) is 0 Å². The summed E-state index contributed by atoms with van der Waals surface area (Å²) < 4.78 is 52.8. The lowest BCUT2D eigenvalue weighted by atomic mass is 9.91. The molecule has 0 rings (SSSR count). The Bertz CT molecular complexity index is 378. The van der Waals surface area contributed by atoms with Gasteiger partial charge in [0.1, 0.15) is 6.61 Å². The first-order valence-corrected chi connectivity index (χ1v) is 6.49. The second-order valence-electron chi connectivity index (χ2n) is 5.24. The van der Waals surface area contributed by atoms with Crippen LogP contribution in [0.15, 0.2) is 0 Å². The fourth-order valence-corrected chi connectivity index (χ4v) is 0.969. The molecule has 1 atom stereocenters. The summed E-state index contributed by atoms with van der Waals surface area (Å²) in [6.45, 7) is 4.73. The van der Waals surface area contributed by atoms with Crippen LogP contribution < -0.4 is 0 Å². The number of carbonyl (C=O) groups is 2. The Labute approximate surface area is 121 Å². The molecule has 0 radical (unpaired) electrons. The molecule has 0 aromatic heterocycles. The highest BCUT2D eigenvalue weighted by Crippen LogP contribution is 2.28. The average Bonchev–Trinajstić information content (AvgIpc) is 2.35. The molecule has 0 aromatic carbocycles. The number of ether oxygens (including phenoxy) is 3. The summed E-state index contributed by atoms with van der Waals surface area (Å²) in [4.78, 5) is 23.3. The van der Waals surface area contributed by atoms with E-state index in [-0.39, 0.29) is 13.0 Å². The van der Waals surface area contributed by atoms with Crippen LogP contribution in [0.2, 0.25) is 0 Å². The molecule has 0 saturated heterocycles. The van der Waals surface area contributed by atoms with Crippen molar-refractivity contribution in [1.29, 1.82) is 0 Å². The largest absolute Gasteiger partial charge is 0.469 e. The maximum atomic E-state index is 14.3. The highest BCUT2D eigenvalue weighted by Gasteiger charge is 2.50. The minimum absolute atomic E-state index is 0.231. The monoisotopic (exact) mass is 314 g/mol. The van der Waals surface area contributed by atoms with E-state index in [1.54, 1.807) is 6.92 Å². The van der Waals surface area contributed by atoms with Crippen LogP contribution in [0, 0.1) is 5.41 Å². The molecule has 0 saturated carbocycles. The summed E-state index contributed by atoms with van der Waals surface area (Å²) in [5, 5.41) is 0. The van der Waals surface area contributed by atoms with Gasteiger partial charge in [0.15, 0.2) is 0 Å². The molecule has 5 nitrogen and oxygen atoms in total. The first-order chi connectivity index (χ1) is 9.38. The van der Waals surface area contributed by atoms with Crippen molar-refractivity contribution in [3.05, 3.63) is 0 Å². The highest BCUT2D eigenvalue weighted by atomic mass is 19.3. The van der Waals surface area contributed by atoms with Gasteiger partial charge in [-0.05, 0) is 27.2 Å². The fourth-order valence-electron chi connectivity index (χ4n) is 0.969. The van der Waals surface area contributed by atoms with Gasteiger partial charge in [-0.25, -0.2) is 13.6 Å². The zero-order chi connectivity index (χ0) is 16.9. The van der Waals surface area contributed by atoms with E-state index in [0.29, 0.717) is 6.92 Å². The average molecular weight is 314 g/mol. The molecular formula is C13H21F3O5. The molecule has 8 heteroatoms. The molecule has 0 bridgehead atoms. The van der Waals surface area contributed by atoms with Crippen molar-refractivity contribution in [2.24, 2.45) is 5.41 Å². The summed E-state index contributed by atoms with van der Waals surface area (Å²) in [6.07, 6.45) is 0.286. The van der Waals surface area contributed by atoms with Crippen LogP contribution in [0.4, 0.5) is 13.2 Å². The van der Waals surface area contributed by atoms with E-state index in [1.807, 2.05) is 0 Å². The van der Waals surface area contributed by atoms with Crippen molar-refractivity contribution in [2.75, 3.05) is 13.2 Å². The molecule has 0 N–H and O–H groups in total. The number of halogens is 3. The van der Waals surface area contributed by atoms with Crippen molar-refractivity contribution < 1.29 is 37.0 Å². The third-order valence-electron chi connectivity index (χ3n) is 2.69. The lowest BCUT2D eigenvalue weighted by Crippen LogP contribution is -2.47. The quantitative estimate of drug-likeness (QED) is 0.509. The number of esters is 2. The summed E-state index contributed by atoms with van der Waals surface area (Å²) in [6, 6.07) is -3.70. The van der Waals surface area contributed by atoms with Gasteiger partial charge in [-0.1, -0.05) is 6.92 Å². The first-order valence-electron chi connectivity index (χ1n) is 6.49. The molecule has 124 valence electrons. The van der Waals surface area contributed by atoms with Gasteiger partial charge in [-0.3, -0.25) is 9.53 Å². The Morgan fingerprint density at radius 3 is 1.90 bits per heavy atom. The molecular weight excluding hydrogens is 293 g/mol. The summed E-state index contributed by atoms with van der Waals surface area (Å²) >= 11 is 0. The van der Waals surface area contributed by atoms with Crippen LogP contribution in [0.5, 0.6) is 0 Å². The van der Waals surface area contributed by atoms with Crippen LogP contribution in [-0.4, -0.2) is 37.1 Å². The number of hydrogen-bond acceptors (Lipinski definition) is 5. The molecule has 0 heterocycles. The molecule has 1 unspecified atom stereocenters. The SMILES string of the molecule is CCOC(=O)C(F)(OCC(C)(F)F)OC(=O)C(C)(C)CC. The minimum Gasteiger partial charge on any atom is -0.459 e. The zero-order valence-electron chi connectivity index (χ0n) is 12.8. The van der Waals surface area contributed by atoms with E-state index >= 15 is 0 Å². The fraction of sp³-hybridized carbons (Fsp3) is 0.846. The van der Waals surface area contributed by atoms with Crippen molar-refractivity contribution in [3.8, 4) is 0 Å². The van der Waals surface area contributed by atoms with Crippen LogP contribution >= 0.6 is 0 Å². The van der Waals surface area contributed by atoms with E-state index in [0.717, 1.165) is 0 Å². The van der Waals surface area contributed by atoms with Crippen molar-refractivity contribution >= 4 is 11.9 Å². The Balaban J connectivity index is 5.14. The van der Waals surface area contributed by atoms with Gasteiger partial charge in [0.05, 0.1) is 12.0 Å². The molecule has 0 aromatic rings. The van der Waals surface area contributed by atoms with Crippen LogP contribution in [0.25, 0.3) is 0 Å². The highest BCUT2D eigenvalue weighted by molar-refractivity contribution is 5.82. The number of rotatable bonds is 8. The Kier molecular flexibility index (Phi) is 6.66. The van der Waals surface area contributed by atoms with E-state index in [1.165, 1.54) is 20.8 Å². The lowest BCUT2D eigenvalue weighted by Gasteiger charge is -2.28. The van der Waals surface area contributed by atoms with Crippen molar-refractivity contribution in [3.63, 3.8) is 0 Å². The normalized spacial score (nSPS) is 15.2. The van der Waals surface area contributed by atoms with Gasteiger partial charge in [0, 0.05) is 6.92 Å². The van der Waals surface area contributed by atoms with Gasteiger partial charge < -0.3 is 9.47 Å². The molecule has 0 fully saturated rings. The van der Waals surface area contributed by atoms with Gasteiger partial charge in [-0.2, -0.15) is 4.39 Å². The second-order valence-corrected chi connectivity index (χ2v) is 5.24. The van der Waals surface area contributed by atoms with Gasteiger partial charge >= 0.3 is 18.0 Å². The maximum Gasteiger partial charge on any atom is 0.469 e. The molecule has 0 aliphatic rings. The molecule has 0 amide bonds. The number of alkyl halides is 3. The number of carbonyl (C=O) groups excluding carboxylic acids is 2. The van der Waals surface area contributed by atoms with E-state index in [2.05, 4.69) is 14.2 Å². The number of hydrogen-bond donors (Lipinski definition) is 0. The van der Waals surface area contributed by atoms with E-state index in [9.17, 15) is 22.8 Å². The third kappa shape index (κ3) is 6.33. The van der Waals surface area contributed by atoms with Crippen molar-refractivity contribution in [2.45, 2.75) is 53.0 Å². The first kappa shape index (κ1) is 19.7. The zero-order valence-corrected chi connectivity index (χ0v) is 12.8. The van der Waals surface area contributed by atoms with Gasteiger partial charge in [0.2, 0.25) is 0 Å². The molecule has 0 spiro atoms. The molecule has 0 aliphatic carbocycles. The standard InChI is InChI=1S/C13H21F3O5/c1-6-11(3,4)9(17)21-13(16,10(18)19-7-2)20-8-12(5,14)15/h6-8H2,1-5H3. The lowest BCUT2D eigenvalue weighted by molar-refractivity contribution is -0.311. The predicted molar refractivity (Wildman–Crippen MR) is 67.2 cm³/mol. The maximum absolute atomic E-state index is 14.3. The summed E-state index contributed by atoms with van der Waals surface area (Å²) in [5.74, 6) is -6.19. The Morgan fingerprint density at radius 2 is 1.52 bits per heavy atom. The molecule has 0 aliphatic heterocycles. The van der Waals surface area contributed by atoms with Crippen LogP contribution in [0.1, 0.15) is 41.0 Å². The summed E-state index contributed by atoms with van der Waals surface area (Å²) in [5.41, 5.74) is -1.11. The molecule has 21 heavy (non-hydrogen) atoms.